The van der Waals surface area contributed by atoms with Crippen LogP contribution in [0.25, 0.3) is 0 Å². The Kier molecular flexibility index (Phi) is 3.87. The van der Waals surface area contributed by atoms with Crippen LogP contribution in [0.2, 0.25) is 0 Å². The topological polar surface area (TPSA) is 62.3 Å². The molecule has 18 heavy (non-hydrogen) atoms. The SMILES string of the molecule is CCC1CCN(S(=O)(=O)c2ccc(NC)nc2)C1. The van der Waals surface area contributed by atoms with Crippen molar-refractivity contribution in [3.8, 4) is 0 Å². The Bertz CT molecular complexity index is 499. The van der Waals surface area contributed by atoms with Crippen molar-refractivity contribution in [1.82, 2.24) is 9.29 Å². The molecule has 0 amide bonds. The highest BCUT2D eigenvalue weighted by molar-refractivity contribution is 7.89. The normalized spacial score (nSPS) is 21.1. The number of sulfonamides is 1. The molecule has 0 aliphatic carbocycles. The predicted octanol–water partition coefficient (Wildman–Crippen LogP) is 1.54. The van der Waals surface area contributed by atoms with Gasteiger partial charge in [0.05, 0.1) is 0 Å². The Balaban J connectivity index is 2.20. The number of hydrogen-bond donors (Lipinski definition) is 1. The van der Waals surface area contributed by atoms with Crippen LogP contribution in [0, 0.1) is 5.92 Å². The molecule has 0 aromatic carbocycles. The van der Waals surface area contributed by atoms with E-state index < -0.39 is 10.0 Å². The summed E-state index contributed by atoms with van der Waals surface area (Å²) in [6.07, 6.45) is 3.40. The van der Waals surface area contributed by atoms with E-state index in [4.69, 9.17) is 0 Å². The van der Waals surface area contributed by atoms with Crippen LogP contribution in [0.1, 0.15) is 19.8 Å². The maximum atomic E-state index is 12.4. The highest BCUT2D eigenvalue weighted by atomic mass is 32.2. The molecule has 0 bridgehead atoms. The van der Waals surface area contributed by atoms with Crippen molar-refractivity contribution < 1.29 is 8.42 Å². The summed E-state index contributed by atoms with van der Waals surface area (Å²) >= 11 is 0. The first-order chi connectivity index (χ1) is 8.57. The summed E-state index contributed by atoms with van der Waals surface area (Å²) in [7, 11) is -1.61. The Hall–Kier alpha value is -1.14. The van der Waals surface area contributed by atoms with Crippen molar-refractivity contribution in [2.45, 2.75) is 24.7 Å². The second kappa shape index (κ2) is 5.24. The standard InChI is InChI=1S/C12H19N3O2S/c1-3-10-6-7-15(9-10)18(16,17)11-4-5-12(13-2)14-8-11/h4-5,8,10H,3,6-7,9H2,1-2H3,(H,13,14). The molecule has 0 spiro atoms. The van der Waals surface area contributed by atoms with Gasteiger partial charge >= 0.3 is 0 Å². The molecule has 1 unspecified atom stereocenters. The van der Waals surface area contributed by atoms with Crippen LogP contribution in [0.3, 0.4) is 0 Å². The number of hydrogen-bond acceptors (Lipinski definition) is 4. The average Bonchev–Trinajstić information content (AvgIpc) is 2.88. The van der Waals surface area contributed by atoms with Crippen LogP contribution in [-0.2, 0) is 10.0 Å². The van der Waals surface area contributed by atoms with Gasteiger partial charge in [-0.25, -0.2) is 13.4 Å². The molecule has 1 fully saturated rings. The van der Waals surface area contributed by atoms with E-state index in [0.717, 1.165) is 12.8 Å². The molecule has 6 heteroatoms. The smallest absolute Gasteiger partial charge is 0.244 e. The van der Waals surface area contributed by atoms with Crippen LogP contribution in [0.5, 0.6) is 0 Å². The second-order valence-corrected chi connectivity index (χ2v) is 6.49. The lowest BCUT2D eigenvalue weighted by Crippen LogP contribution is -2.29. The molecule has 2 heterocycles. The first-order valence-electron chi connectivity index (χ1n) is 6.22. The lowest BCUT2D eigenvalue weighted by molar-refractivity contribution is 0.453. The summed E-state index contributed by atoms with van der Waals surface area (Å²) in [4.78, 5) is 4.33. The Labute approximate surface area is 108 Å². The molecule has 1 aromatic rings. The van der Waals surface area contributed by atoms with E-state index in [2.05, 4.69) is 17.2 Å². The van der Waals surface area contributed by atoms with Crippen LogP contribution < -0.4 is 5.32 Å². The summed E-state index contributed by atoms with van der Waals surface area (Å²) in [5, 5.41) is 2.87. The van der Waals surface area contributed by atoms with Gasteiger partial charge in [0.25, 0.3) is 0 Å². The Morgan fingerprint density at radius 3 is 2.78 bits per heavy atom. The summed E-state index contributed by atoms with van der Waals surface area (Å²) in [6, 6.07) is 3.29. The van der Waals surface area contributed by atoms with E-state index in [-0.39, 0.29) is 4.90 Å². The van der Waals surface area contributed by atoms with E-state index in [1.807, 2.05) is 0 Å². The Morgan fingerprint density at radius 2 is 2.28 bits per heavy atom. The number of nitrogens with zero attached hydrogens (tertiary/aromatic N) is 2. The number of aromatic nitrogens is 1. The molecule has 1 saturated heterocycles. The van der Waals surface area contributed by atoms with Crippen molar-refractivity contribution in [3.05, 3.63) is 18.3 Å². The van der Waals surface area contributed by atoms with E-state index in [1.165, 1.54) is 6.20 Å². The summed E-state index contributed by atoms with van der Waals surface area (Å²) in [5.41, 5.74) is 0. The highest BCUT2D eigenvalue weighted by Gasteiger charge is 2.31. The lowest BCUT2D eigenvalue weighted by atomic mass is 10.1. The first kappa shape index (κ1) is 13.3. The fourth-order valence-corrected chi connectivity index (χ4v) is 3.66. The van der Waals surface area contributed by atoms with Crippen molar-refractivity contribution in [1.29, 1.82) is 0 Å². The van der Waals surface area contributed by atoms with Gasteiger partial charge in [-0.05, 0) is 24.5 Å². The van der Waals surface area contributed by atoms with Crippen LogP contribution >= 0.6 is 0 Å². The van der Waals surface area contributed by atoms with E-state index in [1.54, 1.807) is 23.5 Å². The quantitative estimate of drug-likeness (QED) is 0.900. The highest BCUT2D eigenvalue weighted by Crippen LogP contribution is 2.25. The molecule has 100 valence electrons. The monoisotopic (exact) mass is 269 g/mol. The van der Waals surface area contributed by atoms with Crippen LogP contribution in [0.15, 0.2) is 23.2 Å². The molecule has 0 radical (unpaired) electrons. The lowest BCUT2D eigenvalue weighted by Gasteiger charge is -2.16. The predicted molar refractivity (Wildman–Crippen MR) is 70.9 cm³/mol. The van der Waals surface area contributed by atoms with E-state index in [0.29, 0.717) is 24.8 Å². The zero-order chi connectivity index (χ0) is 13.2. The van der Waals surface area contributed by atoms with Crippen molar-refractivity contribution >= 4 is 15.8 Å². The minimum atomic E-state index is -3.36. The molecular formula is C12H19N3O2S. The summed E-state index contributed by atoms with van der Waals surface area (Å²) in [5.74, 6) is 1.16. The maximum Gasteiger partial charge on any atom is 0.244 e. The van der Waals surface area contributed by atoms with Gasteiger partial charge in [-0.15, -0.1) is 0 Å². The molecule has 1 aromatic heterocycles. The van der Waals surface area contributed by atoms with Gasteiger partial charge in [0.2, 0.25) is 10.0 Å². The van der Waals surface area contributed by atoms with Gasteiger partial charge in [-0.2, -0.15) is 4.31 Å². The molecule has 1 atom stereocenters. The zero-order valence-electron chi connectivity index (χ0n) is 10.8. The van der Waals surface area contributed by atoms with Gasteiger partial charge < -0.3 is 5.32 Å². The zero-order valence-corrected chi connectivity index (χ0v) is 11.6. The fraction of sp³-hybridized carbons (Fsp3) is 0.583. The first-order valence-corrected chi connectivity index (χ1v) is 7.66. The third-order valence-electron chi connectivity index (χ3n) is 3.46. The number of nitrogens with one attached hydrogen (secondary N) is 1. The molecule has 1 aliphatic heterocycles. The molecule has 5 nitrogen and oxygen atoms in total. The molecule has 2 rings (SSSR count). The van der Waals surface area contributed by atoms with Gasteiger partial charge in [-0.1, -0.05) is 13.3 Å². The molecule has 0 saturated carbocycles. The second-order valence-electron chi connectivity index (χ2n) is 4.56. The molecule has 1 N–H and O–H groups in total. The van der Waals surface area contributed by atoms with Crippen LogP contribution in [0.4, 0.5) is 5.82 Å². The third-order valence-corrected chi connectivity index (χ3v) is 5.30. The molecule has 1 aliphatic rings. The minimum Gasteiger partial charge on any atom is -0.373 e. The van der Waals surface area contributed by atoms with E-state index in [9.17, 15) is 8.42 Å². The minimum absolute atomic E-state index is 0.276. The summed E-state index contributed by atoms with van der Waals surface area (Å²) in [6.45, 7) is 3.35. The molecular weight excluding hydrogens is 250 g/mol. The number of rotatable bonds is 4. The largest absolute Gasteiger partial charge is 0.373 e. The summed E-state index contributed by atoms with van der Waals surface area (Å²) < 4.78 is 26.3. The third kappa shape index (κ3) is 2.49. The average molecular weight is 269 g/mol. The Morgan fingerprint density at radius 1 is 1.50 bits per heavy atom. The van der Waals surface area contributed by atoms with Gasteiger partial charge in [0.1, 0.15) is 10.7 Å². The van der Waals surface area contributed by atoms with Gasteiger partial charge in [0, 0.05) is 26.3 Å². The van der Waals surface area contributed by atoms with Crippen LogP contribution in [-0.4, -0.2) is 37.8 Å². The number of anilines is 1. The van der Waals surface area contributed by atoms with Gasteiger partial charge in [0.15, 0.2) is 0 Å². The van der Waals surface area contributed by atoms with Crippen molar-refractivity contribution in [3.63, 3.8) is 0 Å². The maximum absolute atomic E-state index is 12.4. The van der Waals surface area contributed by atoms with Crippen molar-refractivity contribution in [2.24, 2.45) is 5.92 Å². The fourth-order valence-electron chi connectivity index (χ4n) is 2.18. The van der Waals surface area contributed by atoms with Crippen molar-refractivity contribution in [2.75, 3.05) is 25.5 Å². The van der Waals surface area contributed by atoms with Gasteiger partial charge in [-0.3, -0.25) is 0 Å². The number of pyridine rings is 1. The van der Waals surface area contributed by atoms with E-state index >= 15 is 0 Å².